The minimum Gasteiger partial charge on any atom is -0.465 e. The van der Waals surface area contributed by atoms with Crippen molar-refractivity contribution in [3.63, 3.8) is 0 Å². The largest absolute Gasteiger partial charge is 0.465 e. The number of pyridine rings is 1. The van der Waals surface area contributed by atoms with E-state index in [4.69, 9.17) is 10.2 Å². The first-order chi connectivity index (χ1) is 7.68. The summed E-state index contributed by atoms with van der Waals surface area (Å²) in [5.41, 5.74) is 6.50. The highest BCUT2D eigenvalue weighted by Gasteiger charge is 2.16. The molecular weight excluding hydrogens is 272 g/mol. The number of nitrogen functional groups attached to an aromatic ring is 1. The zero-order valence-corrected chi connectivity index (χ0v) is 10.0. The molecule has 4 nitrogen and oxygen atoms in total. The summed E-state index contributed by atoms with van der Waals surface area (Å²) in [6.07, 6.45) is 2.80. The normalized spacial score (nSPS) is 12.6. The van der Waals surface area contributed by atoms with Crippen LogP contribution in [0.5, 0.6) is 0 Å². The van der Waals surface area contributed by atoms with Gasteiger partial charge in [-0.2, -0.15) is 0 Å². The van der Waals surface area contributed by atoms with E-state index in [1.54, 1.807) is 18.3 Å². The summed E-state index contributed by atoms with van der Waals surface area (Å²) in [4.78, 5) is 3.96. The number of aromatic nitrogens is 1. The van der Waals surface area contributed by atoms with Crippen molar-refractivity contribution in [2.45, 2.75) is 12.5 Å². The number of nitrogens with zero attached hydrogens (tertiary/aromatic N) is 1. The summed E-state index contributed by atoms with van der Waals surface area (Å²) in [6, 6.07) is 5.36. The Hall–Kier alpha value is -1.33. The molecule has 1 atom stereocenters. The maximum absolute atomic E-state index is 9.96. The summed E-state index contributed by atoms with van der Waals surface area (Å²) < 4.78 is 5.93. The van der Waals surface area contributed by atoms with Crippen molar-refractivity contribution in [1.29, 1.82) is 0 Å². The number of hydrogen-bond acceptors (Lipinski definition) is 4. The second-order valence-electron chi connectivity index (χ2n) is 3.40. The molecular formula is C11H11BrN2O2. The highest BCUT2D eigenvalue weighted by atomic mass is 79.9. The molecule has 0 aliphatic rings. The molecule has 0 radical (unpaired) electrons. The average Bonchev–Trinajstić information content (AvgIpc) is 2.68. The molecule has 0 saturated carbocycles. The van der Waals surface area contributed by atoms with Crippen molar-refractivity contribution in [3.8, 4) is 0 Å². The van der Waals surface area contributed by atoms with Crippen LogP contribution in [0.4, 0.5) is 5.82 Å². The third-order valence-corrected chi connectivity index (χ3v) is 2.94. The van der Waals surface area contributed by atoms with Gasteiger partial charge in [-0.05, 0) is 33.6 Å². The summed E-state index contributed by atoms with van der Waals surface area (Å²) in [5, 5.41) is 9.96. The lowest BCUT2D eigenvalue weighted by Crippen LogP contribution is -2.05. The Balaban J connectivity index is 2.17. The van der Waals surface area contributed by atoms with Gasteiger partial charge in [-0.1, -0.05) is 6.07 Å². The molecule has 0 aromatic carbocycles. The number of nitrogens with two attached hydrogens (primary N) is 1. The van der Waals surface area contributed by atoms with Gasteiger partial charge in [0.2, 0.25) is 0 Å². The lowest BCUT2D eigenvalue weighted by molar-refractivity contribution is 0.149. The number of halogens is 1. The maximum atomic E-state index is 9.96. The predicted octanol–water partition coefficient (Wildman–Crippen LogP) is 2.30. The van der Waals surface area contributed by atoms with Crippen molar-refractivity contribution in [1.82, 2.24) is 4.98 Å². The van der Waals surface area contributed by atoms with Crippen LogP contribution >= 0.6 is 15.9 Å². The van der Waals surface area contributed by atoms with Gasteiger partial charge < -0.3 is 15.3 Å². The van der Waals surface area contributed by atoms with E-state index >= 15 is 0 Å². The van der Waals surface area contributed by atoms with E-state index in [1.165, 1.54) is 6.26 Å². The van der Waals surface area contributed by atoms with E-state index in [1.807, 2.05) is 6.07 Å². The highest BCUT2D eigenvalue weighted by Crippen LogP contribution is 2.27. The van der Waals surface area contributed by atoms with Crippen molar-refractivity contribution in [2.24, 2.45) is 0 Å². The number of aliphatic hydroxyl groups excluding tert-OH is 1. The lowest BCUT2D eigenvalue weighted by atomic mass is 10.1. The molecule has 1 unspecified atom stereocenters. The van der Waals surface area contributed by atoms with Gasteiger partial charge in [-0.15, -0.1) is 0 Å². The van der Waals surface area contributed by atoms with E-state index in [-0.39, 0.29) is 0 Å². The molecule has 2 rings (SSSR count). The molecule has 0 aliphatic heterocycles. The molecule has 3 N–H and O–H groups in total. The summed E-state index contributed by atoms with van der Waals surface area (Å²) in [6.45, 7) is 0. The van der Waals surface area contributed by atoms with Gasteiger partial charge in [0.15, 0.2) is 0 Å². The third kappa shape index (κ3) is 2.25. The van der Waals surface area contributed by atoms with Crippen LogP contribution in [0.1, 0.15) is 17.4 Å². The molecule has 0 spiro atoms. The smallest absolute Gasteiger partial charge is 0.146 e. The molecule has 2 heterocycles. The van der Waals surface area contributed by atoms with Crippen molar-refractivity contribution in [3.05, 3.63) is 46.5 Å². The Kier molecular flexibility index (Phi) is 3.26. The van der Waals surface area contributed by atoms with Gasteiger partial charge in [0.25, 0.3) is 0 Å². The number of furan rings is 1. The molecule has 0 fully saturated rings. The quantitative estimate of drug-likeness (QED) is 0.906. The van der Waals surface area contributed by atoms with E-state index in [0.29, 0.717) is 18.0 Å². The van der Waals surface area contributed by atoms with E-state index in [9.17, 15) is 5.11 Å². The van der Waals surface area contributed by atoms with E-state index in [2.05, 4.69) is 20.9 Å². The summed E-state index contributed by atoms with van der Waals surface area (Å²) >= 11 is 3.30. The number of aliphatic hydroxyl groups is 1. The van der Waals surface area contributed by atoms with Gasteiger partial charge in [0.05, 0.1) is 10.7 Å². The summed E-state index contributed by atoms with van der Waals surface area (Å²) in [5.74, 6) is 0.937. The molecule has 5 heteroatoms. The van der Waals surface area contributed by atoms with E-state index < -0.39 is 6.10 Å². The molecule has 0 saturated heterocycles. The van der Waals surface area contributed by atoms with Gasteiger partial charge in [-0.3, -0.25) is 0 Å². The van der Waals surface area contributed by atoms with Gasteiger partial charge >= 0.3 is 0 Å². The second kappa shape index (κ2) is 4.67. The lowest BCUT2D eigenvalue weighted by Gasteiger charge is -2.09. The predicted molar refractivity (Wildman–Crippen MR) is 63.7 cm³/mol. The standard InChI is InChI=1S/C11H11BrN2O2/c12-8-3-5-16-10(8)9(15)6-7-2-1-4-14-11(7)13/h1-5,9,15H,6H2,(H2,13,14). The average molecular weight is 283 g/mol. The molecule has 0 aliphatic carbocycles. The Morgan fingerprint density at radius 3 is 2.94 bits per heavy atom. The van der Waals surface area contributed by atoms with Crippen molar-refractivity contribution < 1.29 is 9.52 Å². The number of hydrogen-bond donors (Lipinski definition) is 2. The van der Waals surface area contributed by atoms with Gasteiger partial charge in [0.1, 0.15) is 17.7 Å². The van der Waals surface area contributed by atoms with Crippen LogP contribution in [0.25, 0.3) is 0 Å². The van der Waals surface area contributed by atoms with Crippen molar-refractivity contribution >= 4 is 21.7 Å². The first-order valence-electron chi connectivity index (χ1n) is 4.79. The Morgan fingerprint density at radius 1 is 1.50 bits per heavy atom. The summed E-state index contributed by atoms with van der Waals surface area (Å²) in [7, 11) is 0. The topological polar surface area (TPSA) is 72.3 Å². The van der Waals surface area contributed by atoms with Gasteiger partial charge in [0, 0.05) is 12.6 Å². The highest BCUT2D eigenvalue weighted by molar-refractivity contribution is 9.10. The monoisotopic (exact) mass is 282 g/mol. The fraction of sp³-hybridized carbons (Fsp3) is 0.182. The zero-order valence-electron chi connectivity index (χ0n) is 8.43. The second-order valence-corrected chi connectivity index (χ2v) is 4.25. The minimum atomic E-state index is -0.726. The molecule has 2 aromatic heterocycles. The van der Waals surface area contributed by atoms with Crippen LogP contribution in [0, 0.1) is 0 Å². The Bertz CT molecular complexity index is 484. The van der Waals surface area contributed by atoms with Crippen molar-refractivity contribution in [2.75, 3.05) is 5.73 Å². The molecule has 0 bridgehead atoms. The Morgan fingerprint density at radius 2 is 2.31 bits per heavy atom. The SMILES string of the molecule is Nc1ncccc1CC(O)c1occc1Br. The molecule has 16 heavy (non-hydrogen) atoms. The molecule has 2 aromatic rings. The van der Waals surface area contributed by atoms with Crippen LogP contribution in [-0.2, 0) is 6.42 Å². The minimum absolute atomic E-state index is 0.381. The Labute approximate surface area is 101 Å². The molecule has 0 amide bonds. The fourth-order valence-electron chi connectivity index (χ4n) is 1.47. The van der Waals surface area contributed by atoms with E-state index in [0.717, 1.165) is 10.0 Å². The first-order valence-corrected chi connectivity index (χ1v) is 5.58. The third-order valence-electron chi connectivity index (χ3n) is 2.29. The van der Waals surface area contributed by atoms with Crippen LogP contribution < -0.4 is 5.73 Å². The maximum Gasteiger partial charge on any atom is 0.146 e. The number of rotatable bonds is 3. The fourth-order valence-corrected chi connectivity index (χ4v) is 1.93. The van der Waals surface area contributed by atoms with Gasteiger partial charge in [-0.25, -0.2) is 4.98 Å². The first kappa shape index (κ1) is 11.2. The van der Waals surface area contributed by atoms with Crippen LogP contribution in [-0.4, -0.2) is 10.1 Å². The van der Waals surface area contributed by atoms with Crippen LogP contribution in [0.15, 0.2) is 39.5 Å². The molecule has 84 valence electrons. The zero-order chi connectivity index (χ0) is 11.5. The van der Waals surface area contributed by atoms with Crippen LogP contribution in [0.3, 0.4) is 0 Å². The van der Waals surface area contributed by atoms with Crippen LogP contribution in [0.2, 0.25) is 0 Å². The number of anilines is 1.